The standard InChI is InChI=1S/C24H24F3N5O/c1-15(18-7-4-10-30-23(18)28)22-19(24(25,26)27)8-9-21(31-22)32-12-11-29-20(14-32)16-5-3-6-17(13-16)33-2/h3-10,13,20,29H,1,11-12,14H2,2H3,(H2,28,30). The Morgan fingerprint density at radius 1 is 1.21 bits per heavy atom. The van der Waals surface area contributed by atoms with Crippen molar-refractivity contribution < 1.29 is 17.9 Å². The van der Waals surface area contributed by atoms with Gasteiger partial charge in [-0.1, -0.05) is 18.7 Å². The van der Waals surface area contributed by atoms with Crippen molar-refractivity contribution >= 4 is 17.2 Å². The van der Waals surface area contributed by atoms with Crippen LogP contribution in [0.25, 0.3) is 5.57 Å². The minimum atomic E-state index is -4.59. The van der Waals surface area contributed by atoms with Gasteiger partial charge in [0.25, 0.3) is 0 Å². The van der Waals surface area contributed by atoms with E-state index >= 15 is 0 Å². The zero-order chi connectivity index (χ0) is 23.6. The van der Waals surface area contributed by atoms with Gasteiger partial charge in [0.15, 0.2) is 0 Å². The number of rotatable bonds is 5. The quantitative estimate of drug-likeness (QED) is 0.598. The molecule has 4 rings (SSSR count). The summed E-state index contributed by atoms with van der Waals surface area (Å²) in [5.41, 5.74) is 6.21. The third-order valence-corrected chi connectivity index (χ3v) is 5.63. The lowest BCUT2D eigenvalue weighted by molar-refractivity contribution is -0.138. The molecule has 1 unspecified atom stereocenters. The molecule has 33 heavy (non-hydrogen) atoms. The molecular formula is C24H24F3N5O. The number of hydrogen-bond donors (Lipinski definition) is 2. The van der Waals surface area contributed by atoms with Gasteiger partial charge in [0, 0.05) is 37.0 Å². The molecule has 3 heterocycles. The fraction of sp³-hybridized carbons (Fsp3) is 0.250. The molecule has 1 saturated heterocycles. The molecule has 1 aromatic carbocycles. The average Bonchev–Trinajstić information content (AvgIpc) is 2.83. The highest BCUT2D eigenvalue weighted by Crippen LogP contribution is 2.38. The first-order valence-electron chi connectivity index (χ1n) is 10.4. The Kier molecular flexibility index (Phi) is 6.24. The smallest absolute Gasteiger partial charge is 0.418 e. The minimum absolute atomic E-state index is 0.0291. The number of nitrogens with one attached hydrogen (secondary N) is 1. The van der Waals surface area contributed by atoms with Crippen LogP contribution in [0.5, 0.6) is 5.75 Å². The minimum Gasteiger partial charge on any atom is -0.497 e. The number of aromatic nitrogens is 2. The Balaban J connectivity index is 1.69. The van der Waals surface area contributed by atoms with Crippen LogP contribution in [-0.4, -0.2) is 36.7 Å². The summed E-state index contributed by atoms with van der Waals surface area (Å²) in [7, 11) is 1.61. The van der Waals surface area contributed by atoms with Gasteiger partial charge in [-0.25, -0.2) is 9.97 Å². The van der Waals surface area contributed by atoms with Gasteiger partial charge in [-0.05, 0) is 42.0 Å². The number of pyridine rings is 2. The van der Waals surface area contributed by atoms with E-state index in [0.29, 0.717) is 31.0 Å². The topological polar surface area (TPSA) is 76.3 Å². The number of ether oxygens (including phenoxy) is 1. The van der Waals surface area contributed by atoms with Crippen molar-refractivity contribution in [3.05, 3.63) is 83.7 Å². The van der Waals surface area contributed by atoms with Crippen molar-refractivity contribution in [2.75, 3.05) is 37.4 Å². The fourth-order valence-corrected chi connectivity index (χ4v) is 3.92. The summed E-state index contributed by atoms with van der Waals surface area (Å²) >= 11 is 0. The molecule has 0 spiro atoms. The summed E-state index contributed by atoms with van der Waals surface area (Å²) in [5.74, 6) is 1.28. The van der Waals surface area contributed by atoms with Gasteiger partial charge in [0.05, 0.1) is 24.4 Å². The third kappa shape index (κ3) is 4.78. The number of alkyl halides is 3. The highest BCUT2D eigenvalue weighted by molar-refractivity contribution is 5.83. The SMILES string of the molecule is C=C(c1cccnc1N)c1nc(N2CCNC(c3cccc(OC)c3)C2)ccc1C(F)(F)F. The van der Waals surface area contributed by atoms with Crippen LogP contribution in [-0.2, 0) is 6.18 Å². The van der Waals surface area contributed by atoms with Crippen LogP contribution >= 0.6 is 0 Å². The lowest BCUT2D eigenvalue weighted by atomic mass is 10.00. The zero-order valence-corrected chi connectivity index (χ0v) is 18.1. The van der Waals surface area contributed by atoms with E-state index in [4.69, 9.17) is 10.5 Å². The van der Waals surface area contributed by atoms with E-state index in [1.54, 1.807) is 19.2 Å². The third-order valence-electron chi connectivity index (χ3n) is 5.63. The maximum atomic E-state index is 13.8. The van der Waals surface area contributed by atoms with Crippen LogP contribution in [0.2, 0.25) is 0 Å². The summed E-state index contributed by atoms with van der Waals surface area (Å²) in [6.45, 7) is 5.65. The first kappa shape index (κ1) is 22.6. The van der Waals surface area contributed by atoms with Crippen molar-refractivity contribution in [3.8, 4) is 5.75 Å². The molecule has 0 radical (unpaired) electrons. The average molecular weight is 455 g/mol. The second kappa shape index (κ2) is 9.11. The van der Waals surface area contributed by atoms with Crippen molar-refractivity contribution in [3.63, 3.8) is 0 Å². The van der Waals surface area contributed by atoms with E-state index < -0.39 is 11.7 Å². The Bertz CT molecular complexity index is 1160. The maximum absolute atomic E-state index is 13.8. The fourth-order valence-electron chi connectivity index (χ4n) is 3.92. The molecule has 3 N–H and O–H groups in total. The Hall–Kier alpha value is -3.59. The Morgan fingerprint density at radius 3 is 2.76 bits per heavy atom. The van der Waals surface area contributed by atoms with Gasteiger partial charge in [0.2, 0.25) is 0 Å². The first-order chi connectivity index (χ1) is 15.8. The predicted molar refractivity (Wildman–Crippen MR) is 122 cm³/mol. The molecule has 172 valence electrons. The van der Waals surface area contributed by atoms with Gasteiger partial charge in [-0.15, -0.1) is 0 Å². The monoisotopic (exact) mass is 455 g/mol. The highest BCUT2D eigenvalue weighted by Gasteiger charge is 2.36. The van der Waals surface area contributed by atoms with E-state index in [0.717, 1.165) is 17.4 Å². The molecule has 1 aliphatic heterocycles. The molecule has 6 nitrogen and oxygen atoms in total. The molecule has 0 aliphatic carbocycles. The molecule has 2 aromatic heterocycles. The van der Waals surface area contributed by atoms with Crippen LogP contribution in [0.4, 0.5) is 24.8 Å². The maximum Gasteiger partial charge on any atom is 0.418 e. The number of benzene rings is 1. The lowest BCUT2D eigenvalue weighted by Crippen LogP contribution is -2.46. The molecule has 0 saturated carbocycles. The molecule has 0 bridgehead atoms. The molecular weight excluding hydrogens is 431 g/mol. The van der Waals surface area contributed by atoms with Crippen LogP contribution in [0.3, 0.4) is 0 Å². The predicted octanol–water partition coefficient (Wildman–Crippen LogP) is 4.30. The Morgan fingerprint density at radius 2 is 2.03 bits per heavy atom. The van der Waals surface area contributed by atoms with E-state index in [-0.39, 0.29) is 23.1 Å². The summed E-state index contributed by atoms with van der Waals surface area (Å²) in [4.78, 5) is 10.3. The van der Waals surface area contributed by atoms with Crippen molar-refractivity contribution in [2.45, 2.75) is 12.2 Å². The van der Waals surface area contributed by atoms with Gasteiger partial charge < -0.3 is 20.7 Å². The number of nitrogen functional groups attached to an aromatic ring is 1. The Labute approximate surface area is 189 Å². The molecule has 0 amide bonds. The van der Waals surface area contributed by atoms with E-state index in [1.807, 2.05) is 29.2 Å². The van der Waals surface area contributed by atoms with Gasteiger partial charge in [-0.3, -0.25) is 0 Å². The number of nitrogens with two attached hydrogens (primary N) is 1. The number of methoxy groups -OCH3 is 1. The first-order valence-corrected chi connectivity index (χ1v) is 10.4. The summed E-state index contributed by atoms with van der Waals surface area (Å²) < 4.78 is 46.7. The van der Waals surface area contributed by atoms with Crippen LogP contribution in [0.15, 0.2) is 61.3 Å². The number of halogens is 3. The van der Waals surface area contributed by atoms with E-state index in [9.17, 15) is 13.2 Å². The van der Waals surface area contributed by atoms with Crippen LogP contribution < -0.4 is 20.7 Å². The largest absolute Gasteiger partial charge is 0.497 e. The van der Waals surface area contributed by atoms with E-state index in [2.05, 4.69) is 21.9 Å². The van der Waals surface area contributed by atoms with Gasteiger partial charge in [0.1, 0.15) is 17.4 Å². The number of nitrogens with zero attached hydrogens (tertiary/aromatic N) is 3. The molecule has 9 heteroatoms. The number of hydrogen-bond acceptors (Lipinski definition) is 6. The van der Waals surface area contributed by atoms with Gasteiger partial charge >= 0.3 is 6.18 Å². The van der Waals surface area contributed by atoms with Crippen LogP contribution in [0, 0.1) is 0 Å². The molecule has 1 aliphatic rings. The van der Waals surface area contributed by atoms with E-state index in [1.165, 1.54) is 12.3 Å². The molecule has 1 fully saturated rings. The normalized spacial score (nSPS) is 16.5. The second-order valence-corrected chi connectivity index (χ2v) is 7.71. The molecule has 1 atom stereocenters. The summed E-state index contributed by atoms with van der Waals surface area (Å²) in [6, 6.07) is 13.3. The molecule has 3 aromatic rings. The summed E-state index contributed by atoms with van der Waals surface area (Å²) in [6.07, 6.45) is -3.12. The number of anilines is 2. The summed E-state index contributed by atoms with van der Waals surface area (Å²) in [5, 5.41) is 3.45. The van der Waals surface area contributed by atoms with Crippen molar-refractivity contribution in [1.29, 1.82) is 0 Å². The second-order valence-electron chi connectivity index (χ2n) is 7.71. The van der Waals surface area contributed by atoms with Crippen molar-refractivity contribution in [2.24, 2.45) is 0 Å². The van der Waals surface area contributed by atoms with Gasteiger partial charge in [-0.2, -0.15) is 13.2 Å². The zero-order valence-electron chi connectivity index (χ0n) is 18.1. The number of piperazine rings is 1. The lowest BCUT2D eigenvalue weighted by Gasteiger charge is -2.35. The highest BCUT2D eigenvalue weighted by atomic mass is 19.4. The van der Waals surface area contributed by atoms with Crippen molar-refractivity contribution in [1.82, 2.24) is 15.3 Å². The van der Waals surface area contributed by atoms with Crippen LogP contribution in [0.1, 0.15) is 28.4 Å².